The number of ether oxygens (including phenoxy) is 1. The number of benzene rings is 1. The first-order valence-corrected chi connectivity index (χ1v) is 8.29. The highest BCUT2D eigenvalue weighted by atomic mass is 16.5. The largest absolute Gasteiger partial charge is 0.467 e. The Morgan fingerprint density at radius 3 is 2.57 bits per heavy atom. The molecule has 0 saturated heterocycles. The molecule has 2 N–H and O–H groups in total. The molecular formula is C18H26N2O3. The molecule has 0 bridgehead atoms. The lowest BCUT2D eigenvalue weighted by Gasteiger charge is -2.30. The van der Waals surface area contributed by atoms with Crippen LogP contribution in [0.5, 0.6) is 0 Å². The van der Waals surface area contributed by atoms with Crippen molar-refractivity contribution in [3.8, 4) is 0 Å². The van der Waals surface area contributed by atoms with Gasteiger partial charge in [-0.25, -0.2) is 9.59 Å². The van der Waals surface area contributed by atoms with Crippen molar-refractivity contribution in [2.75, 3.05) is 7.11 Å². The second kappa shape index (κ2) is 8.56. The zero-order valence-corrected chi connectivity index (χ0v) is 13.9. The summed E-state index contributed by atoms with van der Waals surface area (Å²) in [6.07, 6.45) is 4.91. The lowest BCUT2D eigenvalue weighted by molar-refractivity contribution is -0.142. The van der Waals surface area contributed by atoms with E-state index in [4.69, 9.17) is 4.74 Å². The molecule has 5 nitrogen and oxygen atoms in total. The maximum Gasteiger partial charge on any atom is 0.328 e. The van der Waals surface area contributed by atoms with Gasteiger partial charge >= 0.3 is 12.0 Å². The quantitative estimate of drug-likeness (QED) is 0.820. The summed E-state index contributed by atoms with van der Waals surface area (Å²) < 4.78 is 4.82. The Hall–Kier alpha value is -2.04. The molecule has 0 spiro atoms. The lowest BCUT2D eigenvalue weighted by atomic mass is 9.86. The monoisotopic (exact) mass is 318 g/mol. The van der Waals surface area contributed by atoms with Gasteiger partial charge in [-0.2, -0.15) is 0 Å². The van der Waals surface area contributed by atoms with E-state index in [0.29, 0.717) is 12.3 Å². The number of rotatable bonds is 5. The molecular weight excluding hydrogens is 292 g/mol. The number of urea groups is 1. The van der Waals surface area contributed by atoms with E-state index in [1.54, 1.807) is 0 Å². The zero-order valence-electron chi connectivity index (χ0n) is 13.9. The van der Waals surface area contributed by atoms with Gasteiger partial charge in [0.1, 0.15) is 6.04 Å². The minimum Gasteiger partial charge on any atom is -0.467 e. The second-order valence-electron chi connectivity index (χ2n) is 6.25. The molecule has 0 aliphatic heterocycles. The third-order valence-electron chi connectivity index (χ3n) is 4.50. The number of carbonyl (C=O) groups is 2. The average molecular weight is 318 g/mol. The van der Waals surface area contributed by atoms with Crippen LogP contribution in [0.15, 0.2) is 30.3 Å². The van der Waals surface area contributed by atoms with Crippen molar-refractivity contribution in [1.82, 2.24) is 10.6 Å². The average Bonchev–Trinajstić information content (AvgIpc) is 2.56. The van der Waals surface area contributed by atoms with Crippen molar-refractivity contribution in [3.05, 3.63) is 35.9 Å². The summed E-state index contributed by atoms with van der Waals surface area (Å²) in [5.74, 6) is 0.0425. The molecule has 1 saturated carbocycles. The molecule has 0 unspecified atom stereocenters. The molecule has 1 aromatic rings. The van der Waals surface area contributed by atoms with Crippen molar-refractivity contribution in [1.29, 1.82) is 0 Å². The molecule has 2 rings (SSSR count). The van der Waals surface area contributed by atoms with E-state index >= 15 is 0 Å². The fraction of sp³-hybridized carbons (Fsp3) is 0.556. The standard InChI is InChI=1S/C18H26N2O3/c1-13-8-6-7-11-15(13)19-18(22)20-16(17(21)23-2)12-14-9-4-3-5-10-14/h3-5,9-10,13,15-16H,6-8,11-12H2,1-2H3,(H2,19,20,22)/t13-,15-,16-/m1/s1. The fourth-order valence-electron chi connectivity index (χ4n) is 3.08. The SMILES string of the molecule is COC(=O)[C@@H](Cc1ccccc1)NC(=O)N[C@@H]1CCCC[C@H]1C. The molecule has 0 aromatic heterocycles. The number of hydrogen-bond acceptors (Lipinski definition) is 3. The summed E-state index contributed by atoms with van der Waals surface area (Å²) in [6, 6.07) is 8.80. The highest BCUT2D eigenvalue weighted by molar-refractivity contribution is 5.83. The number of amides is 2. The Labute approximate surface area is 137 Å². The lowest BCUT2D eigenvalue weighted by Crippen LogP contribution is -2.52. The molecule has 0 radical (unpaired) electrons. The minimum atomic E-state index is -0.679. The van der Waals surface area contributed by atoms with E-state index in [-0.39, 0.29) is 12.1 Å². The van der Waals surface area contributed by atoms with Crippen LogP contribution in [-0.4, -0.2) is 31.2 Å². The molecule has 0 heterocycles. The predicted molar refractivity (Wildman–Crippen MR) is 89.0 cm³/mol. The van der Waals surface area contributed by atoms with Gasteiger partial charge in [0, 0.05) is 12.5 Å². The first kappa shape index (κ1) is 17.3. The Balaban J connectivity index is 1.94. The number of hydrogen-bond donors (Lipinski definition) is 2. The maximum absolute atomic E-state index is 12.2. The maximum atomic E-state index is 12.2. The summed E-state index contributed by atoms with van der Waals surface area (Å²) in [4.78, 5) is 24.2. The van der Waals surface area contributed by atoms with E-state index in [9.17, 15) is 9.59 Å². The van der Waals surface area contributed by atoms with Gasteiger partial charge < -0.3 is 15.4 Å². The van der Waals surface area contributed by atoms with E-state index in [0.717, 1.165) is 24.8 Å². The predicted octanol–water partition coefficient (Wildman–Crippen LogP) is 2.65. The molecule has 1 aromatic carbocycles. The van der Waals surface area contributed by atoms with Gasteiger partial charge in [-0.15, -0.1) is 0 Å². The molecule has 1 fully saturated rings. The number of nitrogens with one attached hydrogen (secondary N) is 2. The van der Waals surface area contributed by atoms with Crippen LogP contribution in [0.25, 0.3) is 0 Å². The smallest absolute Gasteiger partial charge is 0.328 e. The van der Waals surface area contributed by atoms with Crippen LogP contribution in [0.1, 0.15) is 38.2 Å². The first-order valence-electron chi connectivity index (χ1n) is 8.29. The van der Waals surface area contributed by atoms with E-state index in [1.807, 2.05) is 30.3 Å². The van der Waals surface area contributed by atoms with Crippen LogP contribution in [-0.2, 0) is 16.0 Å². The van der Waals surface area contributed by atoms with Gasteiger partial charge in [-0.05, 0) is 24.3 Å². The van der Waals surface area contributed by atoms with Crippen LogP contribution in [0, 0.1) is 5.92 Å². The fourth-order valence-corrected chi connectivity index (χ4v) is 3.08. The van der Waals surface area contributed by atoms with Gasteiger partial charge in [0.25, 0.3) is 0 Å². The molecule has 1 aliphatic carbocycles. The molecule has 2 amide bonds. The van der Waals surface area contributed by atoms with Gasteiger partial charge in [-0.1, -0.05) is 50.1 Å². The van der Waals surface area contributed by atoms with Crippen LogP contribution in [0.3, 0.4) is 0 Å². The van der Waals surface area contributed by atoms with Crippen LogP contribution in [0.4, 0.5) is 4.79 Å². The van der Waals surface area contributed by atoms with Gasteiger partial charge in [0.05, 0.1) is 7.11 Å². The normalized spacial score (nSPS) is 22.0. The highest BCUT2D eigenvalue weighted by Gasteiger charge is 2.26. The second-order valence-corrected chi connectivity index (χ2v) is 6.25. The Morgan fingerprint density at radius 2 is 1.91 bits per heavy atom. The number of esters is 1. The molecule has 3 atom stereocenters. The third-order valence-corrected chi connectivity index (χ3v) is 4.50. The Bertz CT molecular complexity index is 518. The van der Waals surface area contributed by atoms with Gasteiger partial charge in [0.2, 0.25) is 0 Å². The first-order chi connectivity index (χ1) is 11.1. The summed E-state index contributed by atoms with van der Waals surface area (Å²) in [7, 11) is 1.34. The van der Waals surface area contributed by atoms with Gasteiger partial charge in [-0.3, -0.25) is 0 Å². The molecule has 1 aliphatic rings. The number of methoxy groups -OCH3 is 1. The van der Waals surface area contributed by atoms with Crippen molar-refractivity contribution < 1.29 is 14.3 Å². The summed E-state index contributed by atoms with van der Waals surface area (Å²) in [5, 5.41) is 5.77. The zero-order chi connectivity index (χ0) is 16.7. The summed E-state index contributed by atoms with van der Waals surface area (Å²) in [6.45, 7) is 2.16. The van der Waals surface area contributed by atoms with Crippen LogP contribution >= 0.6 is 0 Å². The van der Waals surface area contributed by atoms with Crippen molar-refractivity contribution in [2.45, 2.75) is 51.1 Å². The minimum absolute atomic E-state index is 0.179. The molecule has 5 heteroatoms. The van der Waals surface area contributed by atoms with Crippen molar-refractivity contribution >= 4 is 12.0 Å². The van der Waals surface area contributed by atoms with Crippen LogP contribution in [0.2, 0.25) is 0 Å². The van der Waals surface area contributed by atoms with Gasteiger partial charge in [0.15, 0.2) is 0 Å². The Morgan fingerprint density at radius 1 is 1.22 bits per heavy atom. The molecule has 23 heavy (non-hydrogen) atoms. The van der Waals surface area contributed by atoms with Crippen LogP contribution < -0.4 is 10.6 Å². The Kier molecular flexibility index (Phi) is 6.44. The molecule has 126 valence electrons. The van der Waals surface area contributed by atoms with E-state index < -0.39 is 12.0 Å². The topological polar surface area (TPSA) is 67.4 Å². The number of carbonyl (C=O) groups excluding carboxylic acids is 2. The summed E-state index contributed by atoms with van der Waals surface area (Å²) in [5.41, 5.74) is 0.981. The highest BCUT2D eigenvalue weighted by Crippen LogP contribution is 2.23. The summed E-state index contributed by atoms with van der Waals surface area (Å²) >= 11 is 0. The van der Waals surface area contributed by atoms with Crippen molar-refractivity contribution in [3.63, 3.8) is 0 Å². The van der Waals surface area contributed by atoms with E-state index in [2.05, 4.69) is 17.6 Å². The third kappa shape index (κ3) is 5.27. The van der Waals surface area contributed by atoms with Crippen molar-refractivity contribution in [2.24, 2.45) is 5.92 Å². The van der Waals surface area contributed by atoms with E-state index in [1.165, 1.54) is 13.5 Å².